The van der Waals surface area contributed by atoms with Gasteiger partial charge in [-0.15, -0.1) is 0 Å². The van der Waals surface area contributed by atoms with E-state index in [0.29, 0.717) is 5.92 Å². The van der Waals surface area contributed by atoms with Gasteiger partial charge in [-0.05, 0) is 42.5 Å². The summed E-state index contributed by atoms with van der Waals surface area (Å²) < 4.78 is 5.37. The Morgan fingerprint density at radius 1 is 1.47 bits per heavy atom. The first-order valence-electron chi connectivity index (χ1n) is 5.00. The maximum atomic E-state index is 6.12. The van der Waals surface area contributed by atoms with E-state index in [2.05, 4.69) is 22.9 Å². The average molecular weight is 292 g/mol. The molecular weight excluding hydrogens is 275 g/mol. The zero-order valence-electron chi connectivity index (χ0n) is 9.31. The second kappa shape index (κ2) is 5.76. The normalized spacial score (nSPS) is 12.6. The highest BCUT2D eigenvalue weighted by molar-refractivity contribution is 9.09. The van der Waals surface area contributed by atoms with Gasteiger partial charge in [0, 0.05) is 10.4 Å². The smallest absolute Gasteiger partial charge is 0.122 e. The van der Waals surface area contributed by atoms with Crippen molar-refractivity contribution in [2.24, 2.45) is 0 Å². The van der Waals surface area contributed by atoms with Gasteiger partial charge in [-0.3, -0.25) is 0 Å². The first kappa shape index (κ1) is 12.9. The minimum absolute atomic E-state index is 0.456. The third-order valence-corrected chi connectivity index (χ3v) is 3.45. The highest BCUT2D eigenvalue weighted by Gasteiger charge is 2.13. The zero-order chi connectivity index (χ0) is 11.4. The predicted molar refractivity (Wildman–Crippen MR) is 69.6 cm³/mol. The van der Waals surface area contributed by atoms with Gasteiger partial charge in [0.1, 0.15) is 5.75 Å². The van der Waals surface area contributed by atoms with Crippen molar-refractivity contribution < 1.29 is 4.74 Å². The molecule has 0 fully saturated rings. The van der Waals surface area contributed by atoms with Crippen molar-refractivity contribution in [3.05, 3.63) is 28.3 Å². The van der Waals surface area contributed by atoms with E-state index in [1.807, 2.05) is 19.1 Å². The van der Waals surface area contributed by atoms with E-state index in [4.69, 9.17) is 16.3 Å². The molecule has 0 aliphatic heterocycles. The Kier molecular flexibility index (Phi) is 4.94. The molecule has 0 saturated carbocycles. The summed E-state index contributed by atoms with van der Waals surface area (Å²) in [7, 11) is 1.70. The summed E-state index contributed by atoms with van der Waals surface area (Å²) in [6, 6.07) is 4.02. The van der Waals surface area contributed by atoms with Crippen LogP contribution in [0.4, 0.5) is 0 Å². The molecule has 0 aliphatic carbocycles. The van der Waals surface area contributed by atoms with Crippen LogP contribution in [0.3, 0.4) is 0 Å². The van der Waals surface area contributed by atoms with E-state index in [1.165, 1.54) is 5.56 Å². The molecule has 1 aromatic rings. The number of methoxy groups -OCH3 is 1. The Hall–Kier alpha value is -0.210. The number of benzene rings is 1. The van der Waals surface area contributed by atoms with Crippen molar-refractivity contribution in [1.29, 1.82) is 0 Å². The third kappa shape index (κ3) is 3.12. The van der Waals surface area contributed by atoms with Crippen LogP contribution in [0, 0.1) is 6.92 Å². The number of rotatable bonds is 4. The number of hydrogen-bond donors (Lipinski definition) is 0. The van der Waals surface area contributed by atoms with E-state index in [1.54, 1.807) is 7.11 Å². The summed E-state index contributed by atoms with van der Waals surface area (Å²) in [5.41, 5.74) is 2.25. The predicted octanol–water partition coefficient (Wildman–Crippen LogP) is 4.55. The van der Waals surface area contributed by atoms with E-state index in [0.717, 1.165) is 28.1 Å². The Morgan fingerprint density at radius 2 is 2.13 bits per heavy atom. The molecule has 0 amide bonds. The molecule has 0 spiro atoms. The van der Waals surface area contributed by atoms with Gasteiger partial charge in [-0.1, -0.05) is 34.5 Å². The molecular formula is C12H16BrClO. The van der Waals surface area contributed by atoms with Crippen LogP contribution < -0.4 is 4.74 Å². The Morgan fingerprint density at radius 3 is 2.67 bits per heavy atom. The van der Waals surface area contributed by atoms with Gasteiger partial charge in [-0.2, -0.15) is 0 Å². The lowest BCUT2D eigenvalue weighted by Gasteiger charge is -2.16. The fraction of sp³-hybridized carbons (Fsp3) is 0.500. The highest BCUT2D eigenvalue weighted by atomic mass is 79.9. The lowest BCUT2D eigenvalue weighted by Crippen LogP contribution is -1.99. The monoisotopic (exact) mass is 290 g/mol. The first-order valence-corrected chi connectivity index (χ1v) is 6.50. The Balaban J connectivity index is 3.09. The molecule has 0 heterocycles. The van der Waals surface area contributed by atoms with Crippen molar-refractivity contribution >= 4 is 27.5 Å². The van der Waals surface area contributed by atoms with Gasteiger partial charge in [0.2, 0.25) is 0 Å². The molecule has 0 radical (unpaired) electrons. The summed E-state index contributed by atoms with van der Waals surface area (Å²) >= 11 is 9.57. The lowest BCUT2D eigenvalue weighted by molar-refractivity contribution is 0.406. The van der Waals surface area contributed by atoms with Crippen molar-refractivity contribution in [2.75, 3.05) is 12.4 Å². The van der Waals surface area contributed by atoms with E-state index < -0.39 is 0 Å². The van der Waals surface area contributed by atoms with Crippen LogP contribution in [0.2, 0.25) is 5.02 Å². The van der Waals surface area contributed by atoms with Crippen molar-refractivity contribution in [3.8, 4) is 5.75 Å². The highest BCUT2D eigenvalue weighted by Crippen LogP contribution is 2.33. The van der Waals surface area contributed by atoms with E-state index >= 15 is 0 Å². The quantitative estimate of drug-likeness (QED) is 0.740. The number of ether oxygens (including phenoxy) is 1. The molecule has 3 heteroatoms. The van der Waals surface area contributed by atoms with Crippen LogP contribution in [-0.2, 0) is 0 Å². The number of alkyl halides is 1. The molecule has 0 N–H and O–H groups in total. The van der Waals surface area contributed by atoms with E-state index in [9.17, 15) is 0 Å². The third-order valence-electron chi connectivity index (χ3n) is 2.58. The molecule has 0 aromatic heterocycles. The van der Waals surface area contributed by atoms with Gasteiger partial charge >= 0.3 is 0 Å². The SMILES string of the molecule is COc1cc(C)c(Cl)cc1C(C)CCBr. The summed E-state index contributed by atoms with van der Waals surface area (Å²) in [5, 5.41) is 1.80. The van der Waals surface area contributed by atoms with Crippen LogP contribution in [0.1, 0.15) is 30.4 Å². The Labute approximate surface area is 105 Å². The van der Waals surface area contributed by atoms with Gasteiger partial charge in [0.05, 0.1) is 7.11 Å². The van der Waals surface area contributed by atoms with Gasteiger partial charge in [-0.25, -0.2) is 0 Å². The minimum atomic E-state index is 0.456. The molecule has 0 bridgehead atoms. The first-order chi connectivity index (χ1) is 7.10. The number of aryl methyl sites for hydroxylation is 1. The molecule has 0 saturated heterocycles. The standard InChI is InChI=1S/C12H16BrClO/c1-8(4-5-13)10-7-11(14)9(2)6-12(10)15-3/h6-8H,4-5H2,1-3H3. The minimum Gasteiger partial charge on any atom is -0.496 e. The van der Waals surface area contributed by atoms with E-state index in [-0.39, 0.29) is 0 Å². The summed E-state index contributed by atoms with van der Waals surface area (Å²) in [4.78, 5) is 0. The van der Waals surface area contributed by atoms with Gasteiger partial charge in [0.15, 0.2) is 0 Å². The molecule has 1 nitrogen and oxygen atoms in total. The molecule has 1 atom stereocenters. The molecule has 1 rings (SSSR count). The second-order valence-electron chi connectivity index (χ2n) is 3.72. The van der Waals surface area contributed by atoms with Crippen molar-refractivity contribution in [1.82, 2.24) is 0 Å². The molecule has 1 unspecified atom stereocenters. The van der Waals surface area contributed by atoms with Crippen LogP contribution in [0.15, 0.2) is 12.1 Å². The summed E-state index contributed by atoms with van der Waals surface area (Å²) in [5.74, 6) is 1.39. The largest absolute Gasteiger partial charge is 0.496 e. The average Bonchev–Trinajstić information content (AvgIpc) is 2.21. The lowest BCUT2D eigenvalue weighted by atomic mass is 9.96. The number of hydrogen-bond acceptors (Lipinski definition) is 1. The summed E-state index contributed by atoms with van der Waals surface area (Å²) in [6.45, 7) is 4.18. The van der Waals surface area contributed by atoms with Crippen LogP contribution in [0.5, 0.6) is 5.75 Å². The molecule has 1 aromatic carbocycles. The maximum absolute atomic E-state index is 6.12. The molecule has 15 heavy (non-hydrogen) atoms. The van der Waals surface area contributed by atoms with Crippen molar-refractivity contribution in [3.63, 3.8) is 0 Å². The summed E-state index contributed by atoms with van der Waals surface area (Å²) in [6.07, 6.45) is 1.08. The fourth-order valence-corrected chi connectivity index (χ4v) is 2.41. The van der Waals surface area contributed by atoms with Crippen LogP contribution >= 0.6 is 27.5 Å². The van der Waals surface area contributed by atoms with Crippen LogP contribution in [-0.4, -0.2) is 12.4 Å². The van der Waals surface area contributed by atoms with Gasteiger partial charge < -0.3 is 4.74 Å². The number of halogens is 2. The van der Waals surface area contributed by atoms with Crippen molar-refractivity contribution in [2.45, 2.75) is 26.2 Å². The zero-order valence-corrected chi connectivity index (χ0v) is 11.7. The van der Waals surface area contributed by atoms with Gasteiger partial charge in [0.25, 0.3) is 0 Å². The van der Waals surface area contributed by atoms with Crippen LogP contribution in [0.25, 0.3) is 0 Å². The second-order valence-corrected chi connectivity index (χ2v) is 4.92. The molecule has 84 valence electrons. The topological polar surface area (TPSA) is 9.23 Å². The fourth-order valence-electron chi connectivity index (χ4n) is 1.55. The molecule has 0 aliphatic rings. The maximum Gasteiger partial charge on any atom is 0.122 e. The Bertz CT molecular complexity index is 339.